The predicted molar refractivity (Wildman–Crippen MR) is 74.5 cm³/mol. The number of aliphatic carboxylic acids is 1. The molecule has 0 bridgehead atoms. The van der Waals surface area contributed by atoms with Crippen molar-refractivity contribution in [2.75, 3.05) is 6.54 Å². The molecule has 1 heterocycles. The lowest BCUT2D eigenvalue weighted by Crippen LogP contribution is -2.42. The van der Waals surface area contributed by atoms with Gasteiger partial charge in [0.05, 0.1) is 17.4 Å². The van der Waals surface area contributed by atoms with Gasteiger partial charge in [-0.25, -0.2) is 9.37 Å². The van der Waals surface area contributed by atoms with Crippen LogP contribution in [0.1, 0.15) is 30.6 Å². The third-order valence-electron chi connectivity index (χ3n) is 3.41. The zero-order valence-electron chi connectivity index (χ0n) is 11.8. The van der Waals surface area contributed by atoms with Gasteiger partial charge in [0.15, 0.2) is 0 Å². The van der Waals surface area contributed by atoms with Crippen LogP contribution in [0.15, 0.2) is 18.5 Å². The third kappa shape index (κ3) is 3.01. The number of aromatic amines is 1. The third-order valence-corrected chi connectivity index (χ3v) is 3.41. The Hall–Kier alpha value is -2.44. The number of nitrogens with zero attached hydrogens (tertiary/aromatic N) is 2. The highest BCUT2D eigenvalue weighted by Gasteiger charge is 2.25. The van der Waals surface area contributed by atoms with E-state index in [1.165, 1.54) is 17.3 Å². The van der Waals surface area contributed by atoms with Crippen LogP contribution in [0.2, 0.25) is 0 Å². The highest BCUT2D eigenvalue weighted by atomic mass is 19.1. The van der Waals surface area contributed by atoms with Crippen LogP contribution in [0.25, 0.3) is 11.0 Å². The zero-order chi connectivity index (χ0) is 15.6. The topological polar surface area (TPSA) is 86.3 Å². The Bertz CT molecular complexity index is 683. The lowest BCUT2D eigenvalue weighted by Gasteiger charge is -2.27. The number of carbonyl (C=O) groups excluding carboxylic acids is 1. The Balaban J connectivity index is 2.47. The van der Waals surface area contributed by atoms with Crippen LogP contribution in [-0.4, -0.2) is 44.4 Å². The van der Waals surface area contributed by atoms with E-state index >= 15 is 0 Å². The largest absolute Gasteiger partial charge is 0.480 e. The van der Waals surface area contributed by atoms with Gasteiger partial charge < -0.3 is 15.0 Å². The number of aromatic nitrogens is 2. The highest BCUT2D eigenvalue weighted by molar-refractivity contribution is 6.05. The van der Waals surface area contributed by atoms with Gasteiger partial charge in [-0.05, 0) is 25.5 Å². The zero-order valence-corrected chi connectivity index (χ0v) is 11.8. The summed E-state index contributed by atoms with van der Waals surface area (Å²) in [5.74, 6) is -2.23. The number of carboxylic acids is 1. The molecule has 112 valence electrons. The SMILES string of the molecule is CCC(C)N(CC(=O)O)C(=O)c1cc(F)cc2[nH]cnc12. The summed E-state index contributed by atoms with van der Waals surface area (Å²) in [6.45, 7) is 3.17. The summed E-state index contributed by atoms with van der Waals surface area (Å²) in [4.78, 5) is 31.5. The fraction of sp³-hybridized carbons (Fsp3) is 0.357. The van der Waals surface area contributed by atoms with Crippen molar-refractivity contribution in [3.63, 3.8) is 0 Å². The molecule has 0 spiro atoms. The van der Waals surface area contributed by atoms with Crippen molar-refractivity contribution in [1.29, 1.82) is 0 Å². The number of nitrogens with one attached hydrogen (secondary N) is 1. The van der Waals surface area contributed by atoms with Gasteiger partial charge in [-0.15, -0.1) is 0 Å². The van der Waals surface area contributed by atoms with Crippen LogP contribution in [0.4, 0.5) is 4.39 Å². The van der Waals surface area contributed by atoms with E-state index in [1.807, 2.05) is 6.92 Å². The summed E-state index contributed by atoms with van der Waals surface area (Å²) >= 11 is 0. The van der Waals surface area contributed by atoms with Gasteiger partial charge in [0.25, 0.3) is 5.91 Å². The standard InChI is InChI=1S/C14H16FN3O3/c1-3-8(2)18(6-12(19)20)14(21)10-4-9(15)5-11-13(10)17-7-16-11/h4-5,7-8H,3,6H2,1-2H3,(H,16,17)(H,19,20). The van der Waals surface area contributed by atoms with E-state index in [9.17, 15) is 14.0 Å². The number of benzene rings is 1. The number of hydrogen-bond donors (Lipinski definition) is 2. The van der Waals surface area contributed by atoms with E-state index in [0.717, 1.165) is 6.07 Å². The molecule has 0 radical (unpaired) electrons. The van der Waals surface area contributed by atoms with Crippen molar-refractivity contribution < 1.29 is 19.1 Å². The number of halogens is 1. The quantitative estimate of drug-likeness (QED) is 0.883. The van der Waals surface area contributed by atoms with Crippen molar-refractivity contribution in [3.05, 3.63) is 29.8 Å². The molecular formula is C14H16FN3O3. The second-order valence-electron chi connectivity index (χ2n) is 4.84. The number of carbonyl (C=O) groups is 2. The van der Waals surface area contributed by atoms with E-state index in [0.29, 0.717) is 17.5 Å². The lowest BCUT2D eigenvalue weighted by atomic mass is 10.1. The molecule has 21 heavy (non-hydrogen) atoms. The maximum Gasteiger partial charge on any atom is 0.323 e. The van der Waals surface area contributed by atoms with E-state index in [4.69, 9.17) is 5.11 Å². The van der Waals surface area contributed by atoms with Crippen molar-refractivity contribution >= 4 is 22.9 Å². The molecule has 1 unspecified atom stereocenters. The van der Waals surface area contributed by atoms with Crippen molar-refractivity contribution in [2.45, 2.75) is 26.3 Å². The first kappa shape index (κ1) is 15.0. The number of rotatable bonds is 5. The summed E-state index contributed by atoms with van der Waals surface area (Å²) in [5, 5.41) is 8.96. The number of fused-ring (bicyclic) bond motifs is 1. The molecule has 0 fully saturated rings. The number of hydrogen-bond acceptors (Lipinski definition) is 3. The summed E-state index contributed by atoms with van der Waals surface area (Å²) < 4.78 is 13.6. The first-order valence-corrected chi connectivity index (χ1v) is 6.59. The summed E-state index contributed by atoms with van der Waals surface area (Å²) in [5.41, 5.74) is 0.797. The maximum absolute atomic E-state index is 13.6. The van der Waals surface area contributed by atoms with Crippen LogP contribution >= 0.6 is 0 Å². The van der Waals surface area contributed by atoms with Crippen molar-refractivity contribution in [2.24, 2.45) is 0 Å². The Labute approximate surface area is 120 Å². The molecule has 7 heteroatoms. The number of carboxylic acid groups (broad SMARTS) is 1. The van der Waals surface area contributed by atoms with Gasteiger partial charge >= 0.3 is 5.97 Å². The molecule has 1 amide bonds. The summed E-state index contributed by atoms with van der Waals surface area (Å²) in [7, 11) is 0. The molecule has 2 aromatic rings. The van der Waals surface area contributed by atoms with Crippen molar-refractivity contribution in [3.8, 4) is 0 Å². The summed E-state index contributed by atoms with van der Waals surface area (Å²) in [6.07, 6.45) is 1.96. The van der Waals surface area contributed by atoms with E-state index in [1.54, 1.807) is 6.92 Å². The highest BCUT2D eigenvalue weighted by Crippen LogP contribution is 2.20. The first-order valence-electron chi connectivity index (χ1n) is 6.59. The second kappa shape index (κ2) is 5.90. The molecular weight excluding hydrogens is 277 g/mol. The van der Waals surface area contributed by atoms with Gasteiger partial charge in [0.2, 0.25) is 0 Å². The molecule has 1 aromatic carbocycles. The molecule has 0 aliphatic carbocycles. The fourth-order valence-corrected chi connectivity index (χ4v) is 2.13. The summed E-state index contributed by atoms with van der Waals surface area (Å²) in [6, 6.07) is 2.05. The molecule has 1 atom stereocenters. The van der Waals surface area contributed by atoms with Crippen LogP contribution < -0.4 is 0 Å². The predicted octanol–water partition coefficient (Wildman–Crippen LogP) is 2.03. The number of imidazole rings is 1. The van der Waals surface area contributed by atoms with Crippen LogP contribution in [0.5, 0.6) is 0 Å². The average molecular weight is 293 g/mol. The van der Waals surface area contributed by atoms with Crippen LogP contribution in [0.3, 0.4) is 0 Å². The number of amides is 1. The smallest absolute Gasteiger partial charge is 0.323 e. The minimum Gasteiger partial charge on any atom is -0.480 e. The Morgan fingerprint density at radius 1 is 1.48 bits per heavy atom. The van der Waals surface area contributed by atoms with Gasteiger partial charge in [-0.2, -0.15) is 0 Å². The molecule has 1 aromatic heterocycles. The Morgan fingerprint density at radius 2 is 2.19 bits per heavy atom. The average Bonchev–Trinajstić information content (AvgIpc) is 2.90. The normalized spacial score (nSPS) is 12.3. The molecule has 0 saturated carbocycles. The lowest BCUT2D eigenvalue weighted by molar-refractivity contribution is -0.138. The van der Waals surface area contributed by atoms with E-state index in [-0.39, 0.29) is 11.6 Å². The minimum absolute atomic E-state index is 0.0628. The van der Waals surface area contributed by atoms with Gasteiger partial charge in [0.1, 0.15) is 17.9 Å². The molecule has 0 saturated heterocycles. The van der Waals surface area contributed by atoms with Crippen LogP contribution in [0, 0.1) is 5.82 Å². The molecule has 6 nitrogen and oxygen atoms in total. The fourth-order valence-electron chi connectivity index (χ4n) is 2.13. The minimum atomic E-state index is -1.11. The maximum atomic E-state index is 13.6. The van der Waals surface area contributed by atoms with Crippen molar-refractivity contribution in [1.82, 2.24) is 14.9 Å². The van der Waals surface area contributed by atoms with Crippen LogP contribution in [-0.2, 0) is 4.79 Å². The Morgan fingerprint density at radius 3 is 2.81 bits per heavy atom. The van der Waals surface area contributed by atoms with E-state index < -0.39 is 24.2 Å². The second-order valence-corrected chi connectivity index (χ2v) is 4.84. The first-order chi connectivity index (χ1) is 9.93. The van der Waals surface area contributed by atoms with E-state index in [2.05, 4.69) is 9.97 Å². The van der Waals surface area contributed by atoms with Gasteiger partial charge in [0, 0.05) is 6.04 Å². The molecule has 2 N–H and O–H groups in total. The molecule has 0 aliphatic rings. The Kier molecular flexibility index (Phi) is 4.21. The number of H-pyrrole nitrogens is 1. The molecule has 2 rings (SSSR count). The van der Waals surface area contributed by atoms with Gasteiger partial charge in [-0.3, -0.25) is 9.59 Å². The van der Waals surface area contributed by atoms with Gasteiger partial charge in [-0.1, -0.05) is 6.92 Å². The molecule has 0 aliphatic heterocycles. The monoisotopic (exact) mass is 293 g/mol.